The van der Waals surface area contributed by atoms with E-state index in [1.165, 1.54) is 48.2 Å². The molecule has 13 heteroatoms. The number of halogens is 5. The quantitative estimate of drug-likeness (QED) is 0.250. The minimum Gasteiger partial charge on any atom is -0.352 e. The number of alkyl halides is 3. The summed E-state index contributed by atoms with van der Waals surface area (Å²) in [7, 11) is -4.53. The molecule has 3 aromatic carbocycles. The SMILES string of the molecule is CC(C(=O)NC1CCCCC1)N(Cc1ccc(Cl)cc1Cl)C(=O)CN(c1cccc(C(F)(F)F)c1)S(=O)(=O)c1ccccc1. The fourth-order valence-electron chi connectivity index (χ4n) is 5.07. The lowest BCUT2D eigenvalue weighted by molar-refractivity contribution is -0.139. The molecule has 0 bridgehead atoms. The average Bonchev–Trinajstić information content (AvgIpc) is 2.99. The monoisotopic (exact) mass is 669 g/mol. The lowest BCUT2D eigenvalue weighted by Gasteiger charge is -2.33. The second-order valence-electron chi connectivity index (χ2n) is 10.6. The first kappa shape index (κ1) is 33.6. The van der Waals surface area contributed by atoms with Crippen molar-refractivity contribution in [3.63, 3.8) is 0 Å². The van der Waals surface area contributed by atoms with Crippen LogP contribution in [0.25, 0.3) is 0 Å². The van der Waals surface area contributed by atoms with Gasteiger partial charge in [-0.25, -0.2) is 8.42 Å². The lowest BCUT2D eigenvalue weighted by Crippen LogP contribution is -2.53. The lowest BCUT2D eigenvalue weighted by atomic mass is 9.95. The zero-order chi connectivity index (χ0) is 32.1. The van der Waals surface area contributed by atoms with Crippen LogP contribution >= 0.6 is 23.2 Å². The number of nitrogens with zero attached hydrogens (tertiary/aromatic N) is 2. The minimum absolute atomic E-state index is 0.0603. The summed E-state index contributed by atoms with van der Waals surface area (Å²) in [4.78, 5) is 28.4. The van der Waals surface area contributed by atoms with Crippen LogP contribution in [0.2, 0.25) is 10.0 Å². The van der Waals surface area contributed by atoms with Gasteiger partial charge >= 0.3 is 6.18 Å². The van der Waals surface area contributed by atoms with Crippen molar-refractivity contribution in [3.05, 3.63) is 94.0 Å². The summed E-state index contributed by atoms with van der Waals surface area (Å²) >= 11 is 12.4. The number of amides is 2. The van der Waals surface area contributed by atoms with Crippen molar-refractivity contribution in [2.75, 3.05) is 10.8 Å². The fourth-order valence-corrected chi connectivity index (χ4v) is 6.97. The molecule has 0 spiro atoms. The van der Waals surface area contributed by atoms with E-state index in [4.69, 9.17) is 23.2 Å². The summed E-state index contributed by atoms with van der Waals surface area (Å²) in [5.74, 6) is -1.26. The van der Waals surface area contributed by atoms with Crippen molar-refractivity contribution >= 4 is 50.7 Å². The van der Waals surface area contributed by atoms with E-state index in [9.17, 15) is 31.2 Å². The topological polar surface area (TPSA) is 86.8 Å². The van der Waals surface area contributed by atoms with Gasteiger partial charge in [0, 0.05) is 22.6 Å². The van der Waals surface area contributed by atoms with E-state index < -0.39 is 46.2 Å². The van der Waals surface area contributed by atoms with E-state index in [0.29, 0.717) is 21.0 Å². The highest BCUT2D eigenvalue weighted by atomic mass is 35.5. The molecule has 236 valence electrons. The molecular weight excluding hydrogens is 638 g/mol. The number of nitrogens with one attached hydrogen (secondary N) is 1. The predicted octanol–water partition coefficient (Wildman–Crippen LogP) is 7.07. The highest BCUT2D eigenvalue weighted by Gasteiger charge is 2.35. The standard InChI is InChI=1S/C31H32Cl2F3N3O4S/c1-21(30(41)37-25-10-4-2-5-11-25)38(19-22-15-16-24(32)18-28(22)33)29(40)20-39(44(42,43)27-13-6-3-7-14-27)26-12-8-9-23(17-26)31(34,35)36/h3,6-9,12-18,21,25H,2,4-5,10-11,19-20H2,1H3,(H,37,41). The van der Waals surface area contributed by atoms with E-state index in [2.05, 4.69) is 5.32 Å². The number of carbonyl (C=O) groups excluding carboxylic acids is 2. The average molecular weight is 671 g/mol. The number of anilines is 1. The van der Waals surface area contributed by atoms with Crippen LogP contribution in [0.5, 0.6) is 0 Å². The van der Waals surface area contributed by atoms with Gasteiger partial charge < -0.3 is 10.2 Å². The van der Waals surface area contributed by atoms with Gasteiger partial charge in [-0.05, 0) is 67.8 Å². The smallest absolute Gasteiger partial charge is 0.352 e. The van der Waals surface area contributed by atoms with Crippen molar-refractivity contribution in [2.24, 2.45) is 0 Å². The van der Waals surface area contributed by atoms with Crippen LogP contribution < -0.4 is 9.62 Å². The van der Waals surface area contributed by atoms with Crippen LogP contribution in [0, 0.1) is 0 Å². The Labute approximate surface area is 265 Å². The van der Waals surface area contributed by atoms with Gasteiger partial charge in [-0.2, -0.15) is 13.2 Å². The Morgan fingerprint density at radius 1 is 0.955 bits per heavy atom. The first-order valence-corrected chi connectivity index (χ1v) is 16.3. The van der Waals surface area contributed by atoms with Crippen LogP contribution in [0.3, 0.4) is 0 Å². The molecule has 44 heavy (non-hydrogen) atoms. The molecule has 0 aromatic heterocycles. The number of hydrogen-bond donors (Lipinski definition) is 1. The summed E-state index contributed by atoms with van der Waals surface area (Å²) in [5, 5.41) is 3.56. The van der Waals surface area contributed by atoms with Gasteiger partial charge in [0.2, 0.25) is 11.8 Å². The highest BCUT2D eigenvalue weighted by molar-refractivity contribution is 7.92. The molecule has 0 aliphatic heterocycles. The summed E-state index contributed by atoms with van der Waals surface area (Å²) in [6.07, 6.45) is -0.159. The Morgan fingerprint density at radius 3 is 2.27 bits per heavy atom. The van der Waals surface area contributed by atoms with E-state index in [1.54, 1.807) is 18.2 Å². The van der Waals surface area contributed by atoms with Gasteiger partial charge in [0.15, 0.2) is 0 Å². The van der Waals surface area contributed by atoms with Crippen molar-refractivity contribution in [2.45, 2.75) is 68.7 Å². The van der Waals surface area contributed by atoms with Crippen LogP contribution in [0.4, 0.5) is 18.9 Å². The number of sulfonamides is 1. The first-order valence-electron chi connectivity index (χ1n) is 14.1. The maximum Gasteiger partial charge on any atom is 0.416 e. The fraction of sp³-hybridized carbons (Fsp3) is 0.355. The Balaban J connectivity index is 1.73. The molecule has 1 fully saturated rings. The van der Waals surface area contributed by atoms with Gasteiger partial charge in [-0.1, -0.05) is 72.8 Å². The van der Waals surface area contributed by atoms with Crippen LogP contribution in [-0.2, 0) is 32.3 Å². The molecule has 7 nitrogen and oxygen atoms in total. The second kappa shape index (κ2) is 14.2. The Kier molecular flexibility index (Phi) is 10.9. The van der Waals surface area contributed by atoms with Crippen LogP contribution in [-0.4, -0.2) is 43.8 Å². The van der Waals surface area contributed by atoms with E-state index in [0.717, 1.165) is 44.2 Å². The molecule has 0 saturated heterocycles. The van der Waals surface area contributed by atoms with Crippen LogP contribution in [0.1, 0.15) is 50.2 Å². The predicted molar refractivity (Wildman–Crippen MR) is 164 cm³/mol. The van der Waals surface area contributed by atoms with E-state index >= 15 is 0 Å². The van der Waals surface area contributed by atoms with E-state index in [1.807, 2.05) is 0 Å². The molecule has 4 rings (SSSR count). The maximum absolute atomic E-state index is 14.1. The molecule has 1 saturated carbocycles. The summed E-state index contributed by atoms with van der Waals surface area (Å²) < 4.78 is 69.2. The minimum atomic E-state index is -4.76. The zero-order valence-corrected chi connectivity index (χ0v) is 26.2. The van der Waals surface area contributed by atoms with Crippen molar-refractivity contribution in [3.8, 4) is 0 Å². The molecule has 2 amide bonds. The molecular formula is C31H32Cl2F3N3O4S. The number of hydrogen-bond acceptors (Lipinski definition) is 4. The molecule has 1 aliphatic rings. The third-order valence-electron chi connectivity index (χ3n) is 7.55. The third-order valence-corrected chi connectivity index (χ3v) is 9.92. The maximum atomic E-state index is 14.1. The summed E-state index contributed by atoms with van der Waals surface area (Å²) in [6, 6.07) is 14.3. The molecule has 0 heterocycles. The van der Waals surface area contributed by atoms with E-state index in [-0.39, 0.29) is 28.2 Å². The molecule has 3 aromatic rings. The summed E-state index contributed by atoms with van der Waals surface area (Å²) in [6.45, 7) is 0.445. The highest BCUT2D eigenvalue weighted by Crippen LogP contribution is 2.33. The van der Waals surface area contributed by atoms with Crippen molar-refractivity contribution in [1.82, 2.24) is 10.2 Å². The van der Waals surface area contributed by atoms with Crippen LogP contribution in [0.15, 0.2) is 77.7 Å². The van der Waals surface area contributed by atoms with Gasteiger partial charge in [0.25, 0.3) is 10.0 Å². The molecule has 1 aliphatic carbocycles. The van der Waals surface area contributed by atoms with Gasteiger partial charge in [-0.15, -0.1) is 0 Å². The van der Waals surface area contributed by atoms with Crippen molar-refractivity contribution < 1.29 is 31.2 Å². The number of rotatable bonds is 10. The van der Waals surface area contributed by atoms with Crippen molar-refractivity contribution in [1.29, 1.82) is 0 Å². The zero-order valence-electron chi connectivity index (χ0n) is 23.9. The van der Waals surface area contributed by atoms with Gasteiger partial charge in [0.1, 0.15) is 12.6 Å². The Morgan fingerprint density at radius 2 is 1.64 bits per heavy atom. The molecule has 0 radical (unpaired) electrons. The van der Waals surface area contributed by atoms with Gasteiger partial charge in [0.05, 0.1) is 16.1 Å². The number of benzene rings is 3. The number of carbonyl (C=O) groups is 2. The first-order chi connectivity index (χ1) is 20.8. The third kappa shape index (κ3) is 8.25. The molecule has 1 unspecified atom stereocenters. The Hall–Kier alpha value is -3.28. The second-order valence-corrected chi connectivity index (χ2v) is 13.4. The normalized spacial score (nSPS) is 15.0. The molecule has 1 N–H and O–H groups in total. The Bertz CT molecular complexity index is 1580. The van der Waals surface area contributed by atoms with Gasteiger partial charge in [-0.3, -0.25) is 13.9 Å². The summed E-state index contributed by atoms with van der Waals surface area (Å²) in [5.41, 5.74) is -1.00. The molecule has 1 atom stereocenters. The largest absolute Gasteiger partial charge is 0.416 e.